The summed E-state index contributed by atoms with van der Waals surface area (Å²) in [4.78, 5) is 20.3. The first-order chi connectivity index (χ1) is 27.2. The number of oxazole rings is 1. The average Bonchev–Trinajstić information content (AvgIpc) is 3.71. The molecule has 0 saturated heterocycles. The van der Waals surface area contributed by atoms with Crippen LogP contribution in [-0.4, -0.2) is 19.9 Å². The molecule has 0 radical (unpaired) electrons. The summed E-state index contributed by atoms with van der Waals surface area (Å²) in [6.45, 7) is 0. The van der Waals surface area contributed by atoms with Crippen LogP contribution in [0.3, 0.4) is 0 Å². The standard InChI is InChI=1S/C50H30N4O/c1-4-12-31(13-5-1)38-27-28-42(41-19-11-10-18-40(38)41)49-53-47(34-14-6-2-7-15-34)52-48(54-49)37-24-26-39-36(30-37)23-22-32-20-21-33-25-29-43-46(45(33)44(32)39)55-50(51-43)35-16-8-3-9-17-35/h1-30H. The van der Waals surface area contributed by atoms with Gasteiger partial charge < -0.3 is 4.42 Å². The van der Waals surface area contributed by atoms with Crippen LogP contribution in [0.2, 0.25) is 0 Å². The van der Waals surface area contributed by atoms with Crippen molar-refractivity contribution in [1.82, 2.24) is 19.9 Å². The van der Waals surface area contributed by atoms with Gasteiger partial charge >= 0.3 is 0 Å². The van der Waals surface area contributed by atoms with Gasteiger partial charge in [0.2, 0.25) is 5.89 Å². The van der Waals surface area contributed by atoms with E-state index in [9.17, 15) is 0 Å². The summed E-state index contributed by atoms with van der Waals surface area (Å²) in [5, 5.41) is 8.87. The molecule has 0 aliphatic carbocycles. The molecular formula is C50H30N4O. The van der Waals surface area contributed by atoms with Gasteiger partial charge in [-0.05, 0) is 73.8 Å². The Hall–Kier alpha value is -7.50. The van der Waals surface area contributed by atoms with E-state index in [2.05, 4.69) is 109 Å². The van der Waals surface area contributed by atoms with Crippen LogP contribution in [0.1, 0.15) is 0 Å². The Morgan fingerprint density at radius 3 is 1.60 bits per heavy atom. The van der Waals surface area contributed by atoms with Crippen LogP contribution in [0.5, 0.6) is 0 Å². The lowest BCUT2D eigenvalue weighted by Gasteiger charge is -2.13. The SMILES string of the molecule is c1ccc(-c2nc(-c3ccc4c(ccc5ccc6ccc7nc(-c8ccccc8)oc7c6c54)c3)nc(-c3ccc(-c4ccccc4)c4ccccc34)n2)cc1. The van der Waals surface area contributed by atoms with Crippen LogP contribution in [0, 0.1) is 0 Å². The zero-order chi connectivity index (χ0) is 36.3. The van der Waals surface area contributed by atoms with Crippen LogP contribution in [0.25, 0.3) is 111 Å². The Bertz CT molecular complexity index is 3250. The molecule has 9 aromatic carbocycles. The van der Waals surface area contributed by atoms with Crippen molar-refractivity contribution < 1.29 is 4.42 Å². The van der Waals surface area contributed by atoms with Gasteiger partial charge in [0.05, 0.1) is 0 Å². The molecule has 5 nitrogen and oxygen atoms in total. The van der Waals surface area contributed by atoms with E-state index in [1.165, 1.54) is 11.1 Å². The third kappa shape index (κ3) is 5.24. The van der Waals surface area contributed by atoms with Crippen molar-refractivity contribution in [2.75, 3.05) is 0 Å². The van der Waals surface area contributed by atoms with E-state index in [-0.39, 0.29) is 0 Å². The van der Waals surface area contributed by atoms with E-state index >= 15 is 0 Å². The number of aromatic nitrogens is 4. The maximum absolute atomic E-state index is 6.55. The predicted octanol–water partition coefficient (Wildman–Crippen LogP) is 13.0. The molecule has 0 saturated carbocycles. The number of fused-ring (bicyclic) bond motifs is 8. The summed E-state index contributed by atoms with van der Waals surface area (Å²) in [6, 6.07) is 62.9. The number of nitrogens with zero attached hydrogens (tertiary/aromatic N) is 4. The quantitative estimate of drug-likeness (QED) is 0.167. The van der Waals surface area contributed by atoms with E-state index in [4.69, 9.17) is 24.4 Å². The van der Waals surface area contributed by atoms with E-state index in [1.807, 2.05) is 72.8 Å². The summed E-state index contributed by atoms with van der Waals surface area (Å²) < 4.78 is 6.55. The number of hydrogen-bond donors (Lipinski definition) is 0. The van der Waals surface area contributed by atoms with Crippen LogP contribution in [0.4, 0.5) is 0 Å². The highest BCUT2D eigenvalue weighted by Gasteiger charge is 2.18. The molecule has 11 aromatic rings. The average molecular weight is 703 g/mol. The van der Waals surface area contributed by atoms with E-state index in [0.29, 0.717) is 23.4 Å². The van der Waals surface area contributed by atoms with Crippen molar-refractivity contribution >= 4 is 54.2 Å². The molecule has 0 atom stereocenters. The van der Waals surface area contributed by atoms with Crippen molar-refractivity contribution in [2.45, 2.75) is 0 Å². The van der Waals surface area contributed by atoms with Gasteiger partial charge in [0, 0.05) is 33.0 Å². The van der Waals surface area contributed by atoms with Gasteiger partial charge in [0.1, 0.15) is 5.52 Å². The summed E-state index contributed by atoms with van der Waals surface area (Å²) in [6.07, 6.45) is 0. The Morgan fingerprint density at radius 1 is 0.327 bits per heavy atom. The van der Waals surface area contributed by atoms with Gasteiger partial charge in [-0.2, -0.15) is 0 Å². The molecule has 2 aromatic heterocycles. The third-order valence-corrected chi connectivity index (χ3v) is 10.5. The van der Waals surface area contributed by atoms with E-state index in [1.54, 1.807) is 0 Å². The summed E-state index contributed by atoms with van der Waals surface area (Å²) in [5.74, 6) is 2.49. The number of benzene rings is 9. The number of hydrogen-bond acceptors (Lipinski definition) is 5. The highest BCUT2D eigenvalue weighted by Crippen LogP contribution is 2.40. The topological polar surface area (TPSA) is 64.7 Å². The Morgan fingerprint density at radius 2 is 0.873 bits per heavy atom. The highest BCUT2D eigenvalue weighted by atomic mass is 16.3. The Kier molecular flexibility index (Phi) is 7.10. The maximum Gasteiger partial charge on any atom is 0.227 e. The maximum atomic E-state index is 6.55. The minimum absolute atomic E-state index is 0.616. The zero-order valence-corrected chi connectivity index (χ0v) is 29.5. The molecular weight excluding hydrogens is 673 g/mol. The molecule has 256 valence electrons. The molecule has 0 bridgehead atoms. The van der Waals surface area contributed by atoms with Gasteiger partial charge in [-0.25, -0.2) is 19.9 Å². The molecule has 0 aliphatic rings. The van der Waals surface area contributed by atoms with Crippen molar-refractivity contribution in [1.29, 1.82) is 0 Å². The molecule has 11 rings (SSSR count). The van der Waals surface area contributed by atoms with Gasteiger partial charge in [-0.1, -0.05) is 152 Å². The molecule has 0 unspecified atom stereocenters. The van der Waals surface area contributed by atoms with Gasteiger partial charge in [0.25, 0.3) is 0 Å². The van der Waals surface area contributed by atoms with Crippen molar-refractivity contribution in [3.63, 3.8) is 0 Å². The normalized spacial score (nSPS) is 11.6. The second kappa shape index (κ2) is 12.6. The smallest absolute Gasteiger partial charge is 0.227 e. The van der Waals surface area contributed by atoms with E-state index < -0.39 is 0 Å². The fourth-order valence-corrected chi connectivity index (χ4v) is 7.90. The molecule has 0 amide bonds. The van der Waals surface area contributed by atoms with Crippen LogP contribution < -0.4 is 0 Å². The van der Waals surface area contributed by atoms with Gasteiger partial charge in [-0.3, -0.25) is 0 Å². The fraction of sp³-hybridized carbons (Fsp3) is 0. The lowest BCUT2D eigenvalue weighted by molar-refractivity contribution is 0.623. The Balaban J connectivity index is 1.11. The molecule has 2 heterocycles. The predicted molar refractivity (Wildman–Crippen MR) is 225 cm³/mol. The van der Waals surface area contributed by atoms with Crippen molar-refractivity contribution in [3.05, 3.63) is 182 Å². The molecule has 55 heavy (non-hydrogen) atoms. The van der Waals surface area contributed by atoms with Crippen LogP contribution >= 0.6 is 0 Å². The summed E-state index contributed by atoms with van der Waals surface area (Å²) >= 11 is 0. The molecule has 0 N–H and O–H groups in total. The van der Waals surface area contributed by atoms with Crippen molar-refractivity contribution in [2.24, 2.45) is 0 Å². The summed E-state index contributed by atoms with van der Waals surface area (Å²) in [5.41, 5.74) is 7.72. The second-order valence-corrected chi connectivity index (χ2v) is 13.8. The van der Waals surface area contributed by atoms with E-state index in [0.717, 1.165) is 76.4 Å². The first kappa shape index (κ1) is 31.1. The second-order valence-electron chi connectivity index (χ2n) is 13.8. The van der Waals surface area contributed by atoms with Gasteiger partial charge in [0.15, 0.2) is 23.1 Å². The molecule has 0 fully saturated rings. The van der Waals surface area contributed by atoms with Gasteiger partial charge in [-0.15, -0.1) is 0 Å². The first-order valence-corrected chi connectivity index (χ1v) is 18.4. The molecule has 0 spiro atoms. The molecule has 5 heteroatoms. The highest BCUT2D eigenvalue weighted by molar-refractivity contribution is 6.26. The Labute approximate surface area is 316 Å². The third-order valence-electron chi connectivity index (χ3n) is 10.5. The fourth-order valence-electron chi connectivity index (χ4n) is 7.90. The number of rotatable bonds is 5. The van der Waals surface area contributed by atoms with Crippen LogP contribution in [0.15, 0.2) is 186 Å². The first-order valence-electron chi connectivity index (χ1n) is 18.4. The van der Waals surface area contributed by atoms with Crippen molar-refractivity contribution in [3.8, 4) is 56.7 Å². The largest absolute Gasteiger partial charge is 0.435 e. The summed E-state index contributed by atoms with van der Waals surface area (Å²) in [7, 11) is 0. The minimum atomic E-state index is 0.616. The lowest BCUT2D eigenvalue weighted by Crippen LogP contribution is -2.01. The van der Waals surface area contributed by atoms with Crippen LogP contribution in [-0.2, 0) is 0 Å². The lowest BCUT2D eigenvalue weighted by atomic mass is 9.94. The zero-order valence-electron chi connectivity index (χ0n) is 29.5. The minimum Gasteiger partial charge on any atom is -0.435 e. The monoisotopic (exact) mass is 702 g/mol. The molecule has 0 aliphatic heterocycles.